The maximum absolute atomic E-state index is 13.0. The van der Waals surface area contributed by atoms with Crippen LogP contribution in [0.1, 0.15) is 31.1 Å². The fourth-order valence-electron chi connectivity index (χ4n) is 3.24. The maximum Gasteiger partial charge on any atom is 0.270 e. The van der Waals surface area contributed by atoms with E-state index < -0.39 is 0 Å². The van der Waals surface area contributed by atoms with Gasteiger partial charge in [-0.1, -0.05) is 73.2 Å². The number of rotatable bonds is 6. The summed E-state index contributed by atoms with van der Waals surface area (Å²) in [5.74, 6) is 1.16. The topological polar surface area (TPSA) is 33.5 Å². The number of hydrogen-bond donors (Lipinski definition) is 0. The molecule has 1 aliphatic heterocycles. The van der Waals surface area contributed by atoms with Crippen molar-refractivity contribution in [3.63, 3.8) is 0 Å². The van der Waals surface area contributed by atoms with Crippen LogP contribution in [-0.2, 0) is 11.2 Å². The summed E-state index contributed by atoms with van der Waals surface area (Å²) in [6, 6.07) is 19.2. The first kappa shape index (κ1) is 20.9. The van der Waals surface area contributed by atoms with Crippen LogP contribution >= 0.6 is 35.6 Å². The molecule has 0 saturated carbocycles. The van der Waals surface area contributed by atoms with Gasteiger partial charge >= 0.3 is 0 Å². The van der Waals surface area contributed by atoms with Gasteiger partial charge in [-0.05, 0) is 54.8 Å². The molecule has 1 aromatic heterocycles. The summed E-state index contributed by atoms with van der Waals surface area (Å²) in [5.41, 5.74) is 2.95. The van der Waals surface area contributed by atoms with E-state index in [-0.39, 0.29) is 5.91 Å². The van der Waals surface area contributed by atoms with E-state index in [4.69, 9.17) is 28.2 Å². The Kier molecular flexibility index (Phi) is 6.42. The van der Waals surface area contributed by atoms with Gasteiger partial charge in [0.25, 0.3) is 5.91 Å². The molecule has 1 fully saturated rings. The molecule has 3 aromatic rings. The lowest BCUT2D eigenvalue weighted by atomic mass is 10.1. The third kappa shape index (κ3) is 4.53. The van der Waals surface area contributed by atoms with Crippen molar-refractivity contribution in [3.8, 4) is 11.3 Å². The Hall–Kier alpha value is -2.34. The minimum Gasteiger partial charge on any atom is -0.457 e. The molecule has 0 unspecified atom stereocenters. The summed E-state index contributed by atoms with van der Waals surface area (Å²) in [7, 11) is 0. The maximum atomic E-state index is 13.0. The number of thiocarbonyl (C=S) groups is 1. The molecule has 4 rings (SSSR count). The second-order valence-corrected chi connectivity index (χ2v) is 9.11. The highest BCUT2D eigenvalue weighted by Gasteiger charge is 2.33. The molecule has 3 nitrogen and oxygen atoms in total. The smallest absolute Gasteiger partial charge is 0.270 e. The van der Waals surface area contributed by atoms with E-state index in [1.165, 1.54) is 17.3 Å². The number of nitrogens with zero attached hydrogens (tertiary/aromatic N) is 1. The van der Waals surface area contributed by atoms with E-state index in [9.17, 15) is 4.79 Å². The molecule has 1 saturated heterocycles. The average molecular weight is 454 g/mol. The molecule has 0 N–H and O–H groups in total. The second kappa shape index (κ2) is 9.21. The summed E-state index contributed by atoms with van der Waals surface area (Å²) >= 11 is 12.8. The molecule has 2 heterocycles. The molecule has 0 radical (unpaired) electrons. The summed E-state index contributed by atoms with van der Waals surface area (Å²) < 4.78 is 6.42. The minimum atomic E-state index is -0.132. The number of amides is 1. The highest BCUT2D eigenvalue weighted by Crippen LogP contribution is 2.37. The number of aryl methyl sites for hydroxylation is 1. The van der Waals surface area contributed by atoms with Crippen LogP contribution in [0.15, 0.2) is 70.0 Å². The van der Waals surface area contributed by atoms with E-state index in [2.05, 4.69) is 19.1 Å². The highest BCUT2D eigenvalue weighted by atomic mass is 35.5. The van der Waals surface area contributed by atoms with Gasteiger partial charge in [-0.3, -0.25) is 9.69 Å². The Balaban J connectivity index is 1.53. The Morgan fingerprint density at radius 3 is 2.67 bits per heavy atom. The van der Waals surface area contributed by atoms with Crippen molar-refractivity contribution in [2.75, 3.05) is 4.90 Å². The van der Waals surface area contributed by atoms with E-state index in [1.54, 1.807) is 11.0 Å². The van der Waals surface area contributed by atoms with Crippen molar-refractivity contribution in [2.24, 2.45) is 0 Å². The standard InChI is InChI=1S/C24H20ClNO2S2/c1-2-3-5-16-8-10-19(11-9-16)26-23(27)22(30-24(26)29)15-20-12-13-21(28-20)17-6-4-7-18(25)14-17/h4,6-15H,2-3,5H2,1H3. The molecule has 1 amide bonds. The Bertz CT molecular complexity index is 1120. The number of carbonyl (C=O) groups is 1. The van der Waals surface area contributed by atoms with Gasteiger partial charge in [-0.2, -0.15) is 0 Å². The molecule has 6 heteroatoms. The SMILES string of the molecule is CCCCc1ccc(N2C(=O)C(=Cc3ccc(-c4cccc(Cl)c4)o3)SC2=S)cc1. The monoisotopic (exact) mass is 453 g/mol. The lowest BCUT2D eigenvalue weighted by Gasteiger charge is -2.15. The van der Waals surface area contributed by atoms with Crippen molar-refractivity contribution in [1.29, 1.82) is 0 Å². The van der Waals surface area contributed by atoms with Crippen LogP contribution in [0.3, 0.4) is 0 Å². The molecular weight excluding hydrogens is 434 g/mol. The average Bonchev–Trinajstić information content (AvgIpc) is 3.32. The van der Waals surface area contributed by atoms with Gasteiger partial charge in [-0.25, -0.2) is 0 Å². The molecule has 2 aromatic carbocycles. The second-order valence-electron chi connectivity index (χ2n) is 7.00. The van der Waals surface area contributed by atoms with Crippen LogP contribution in [0.25, 0.3) is 17.4 Å². The molecule has 0 aliphatic carbocycles. The zero-order valence-corrected chi connectivity index (χ0v) is 18.8. The number of halogens is 1. The summed E-state index contributed by atoms with van der Waals surface area (Å²) in [6.45, 7) is 2.18. The lowest BCUT2D eigenvalue weighted by molar-refractivity contribution is -0.113. The number of carbonyl (C=O) groups excluding carboxylic acids is 1. The van der Waals surface area contributed by atoms with Crippen molar-refractivity contribution < 1.29 is 9.21 Å². The fourth-order valence-corrected chi connectivity index (χ4v) is 4.71. The van der Waals surface area contributed by atoms with E-state index in [1.807, 2.05) is 48.5 Å². The number of furan rings is 1. The lowest BCUT2D eigenvalue weighted by Crippen LogP contribution is -2.27. The normalized spacial score (nSPS) is 15.4. The first-order valence-corrected chi connectivity index (χ1v) is 11.4. The third-order valence-corrected chi connectivity index (χ3v) is 6.35. The van der Waals surface area contributed by atoms with Crippen LogP contribution in [0.2, 0.25) is 5.02 Å². The van der Waals surface area contributed by atoms with Gasteiger partial charge in [0.05, 0.1) is 10.6 Å². The van der Waals surface area contributed by atoms with Gasteiger partial charge in [0.15, 0.2) is 4.32 Å². The molecule has 0 spiro atoms. The van der Waals surface area contributed by atoms with Crippen molar-refractivity contribution in [1.82, 2.24) is 0 Å². The van der Waals surface area contributed by atoms with Crippen LogP contribution < -0.4 is 4.90 Å². The number of benzene rings is 2. The van der Waals surface area contributed by atoms with Gasteiger partial charge in [0.1, 0.15) is 11.5 Å². The molecule has 0 bridgehead atoms. The molecule has 30 heavy (non-hydrogen) atoms. The number of hydrogen-bond acceptors (Lipinski definition) is 4. The van der Waals surface area contributed by atoms with E-state index in [0.29, 0.717) is 25.8 Å². The number of anilines is 1. The Morgan fingerprint density at radius 2 is 1.93 bits per heavy atom. The zero-order valence-electron chi connectivity index (χ0n) is 16.4. The summed E-state index contributed by atoms with van der Waals surface area (Å²) in [6.07, 6.45) is 5.10. The molecule has 1 aliphatic rings. The van der Waals surface area contributed by atoms with Gasteiger partial charge in [0.2, 0.25) is 0 Å². The third-order valence-electron chi connectivity index (χ3n) is 4.82. The minimum absolute atomic E-state index is 0.132. The molecular formula is C24H20ClNO2S2. The molecule has 152 valence electrons. The van der Waals surface area contributed by atoms with Gasteiger partial charge < -0.3 is 4.42 Å². The zero-order chi connectivity index (χ0) is 21.1. The fraction of sp³-hybridized carbons (Fsp3) is 0.167. The number of thioether (sulfide) groups is 1. The molecule has 0 atom stereocenters. The van der Waals surface area contributed by atoms with Crippen LogP contribution in [0.5, 0.6) is 0 Å². The van der Waals surface area contributed by atoms with Crippen LogP contribution in [0.4, 0.5) is 5.69 Å². The van der Waals surface area contributed by atoms with Crippen LogP contribution in [0, 0.1) is 0 Å². The predicted molar refractivity (Wildman–Crippen MR) is 130 cm³/mol. The largest absolute Gasteiger partial charge is 0.457 e. The summed E-state index contributed by atoms with van der Waals surface area (Å²) in [4.78, 5) is 15.1. The van der Waals surface area contributed by atoms with Gasteiger partial charge in [0, 0.05) is 16.7 Å². The quantitative estimate of drug-likeness (QED) is 0.288. The first-order chi connectivity index (χ1) is 14.5. The number of unbranched alkanes of at least 4 members (excludes halogenated alkanes) is 1. The van der Waals surface area contributed by atoms with Crippen molar-refractivity contribution in [3.05, 3.63) is 81.9 Å². The van der Waals surface area contributed by atoms with Crippen molar-refractivity contribution >= 4 is 57.6 Å². The first-order valence-electron chi connectivity index (χ1n) is 9.78. The predicted octanol–water partition coefficient (Wildman–Crippen LogP) is 7.35. The summed E-state index contributed by atoms with van der Waals surface area (Å²) in [5, 5.41) is 0.645. The van der Waals surface area contributed by atoms with E-state index in [0.717, 1.165) is 30.5 Å². The van der Waals surface area contributed by atoms with Crippen molar-refractivity contribution in [2.45, 2.75) is 26.2 Å². The van der Waals surface area contributed by atoms with E-state index >= 15 is 0 Å². The van der Waals surface area contributed by atoms with Crippen LogP contribution in [-0.4, -0.2) is 10.2 Å². The Labute approximate surface area is 190 Å². The highest BCUT2D eigenvalue weighted by molar-refractivity contribution is 8.27. The van der Waals surface area contributed by atoms with Gasteiger partial charge in [-0.15, -0.1) is 0 Å². The Morgan fingerprint density at radius 1 is 1.13 bits per heavy atom.